The molecular formula is C14H19NO2S. The molecule has 4 heteroatoms. The summed E-state index contributed by atoms with van der Waals surface area (Å²) in [7, 11) is 0. The SMILES string of the molecule is CCSCCCOc1ccc2c(c1)CC/C2=N\O. The highest BCUT2D eigenvalue weighted by atomic mass is 32.2. The zero-order valence-corrected chi connectivity index (χ0v) is 11.5. The predicted octanol–water partition coefficient (Wildman–Crippen LogP) is 3.33. The fraction of sp³-hybridized carbons (Fsp3) is 0.500. The third-order valence-corrected chi connectivity index (χ3v) is 4.03. The lowest BCUT2D eigenvalue weighted by Crippen LogP contribution is -2.00. The van der Waals surface area contributed by atoms with Crippen LogP contribution in [0.4, 0.5) is 0 Å². The van der Waals surface area contributed by atoms with Crippen molar-refractivity contribution in [2.24, 2.45) is 5.16 Å². The molecule has 0 spiro atoms. The average molecular weight is 265 g/mol. The number of thioether (sulfide) groups is 1. The Balaban J connectivity index is 1.88. The number of rotatable bonds is 6. The van der Waals surface area contributed by atoms with Gasteiger partial charge in [0.15, 0.2) is 0 Å². The van der Waals surface area contributed by atoms with Gasteiger partial charge in [-0.2, -0.15) is 11.8 Å². The molecule has 0 radical (unpaired) electrons. The van der Waals surface area contributed by atoms with Crippen LogP contribution in [0.3, 0.4) is 0 Å². The maximum absolute atomic E-state index is 8.86. The largest absolute Gasteiger partial charge is 0.494 e. The van der Waals surface area contributed by atoms with Crippen LogP contribution >= 0.6 is 11.8 Å². The molecule has 3 nitrogen and oxygen atoms in total. The number of hydrogen-bond donors (Lipinski definition) is 1. The van der Waals surface area contributed by atoms with E-state index in [1.54, 1.807) is 0 Å². The Morgan fingerprint density at radius 1 is 1.39 bits per heavy atom. The van der Waals surface area contributed by atoms with E-state index in [0.29, 0.717) is 0 Å². The minimum atomic E-state index is 0.771. The third kappa shape index (κ3) is 3.19. The van der Waals surface area contributed by atoms with Crippen LogP contribution in [-0.4, -0.2) is 29.0 Å². The lowest BCUT2D eigenvalue weighted by molar-refractivity contribution is 0.318. The molecule has 2 rings (SSSR count). The van der Waals surface area contributed by atoms with Crippen molar-refractivity contribution in [3.63, 3.8) is 0 Å². The van der Waals surface area contributed by atoms with Gasteiger partial charge in [0.1, 0.15) is 5.75 Å². The molecule has 1 aromatic rings. The van der Waals surface area contributed by atoms with Gasteiger partial charge < -0.3 is 9.94 Å². The molecule has 1 aliphatic rings. The zero-order chi connectivity index (χ0) is 12.8. The van der Waals surface area contributed by atoms with Crippen molar-refractivity contribution >= 4 is 17.5 Å². The van der Waals surface area contributed by atoms with Crippen LogP contribution in [-0.2, 0) is 6.42 Å². The second-order valence-corrected chi connectivity index (χ2v) is 5.66. The number of benzene rings is 1. The second-order valence-electron chi connectivity index (χ2n) is 4.26. The van der Waals surface area contributed by atoms with Crippen molar-refractivity contribution in [1.82, 2.24) is 0 Å². The van der Waals surface area contributed by atoms with Crippen LogP contribution in [0, 0.1) is 0 Å². The second kappa shape index (κ2) is 6.69. The average Bonchev–Trinajstić information content (AvgIpc) is 2.80. The van der Waals surface area contributed by atoms with Crippen LogP contribution in [0.15, 0.2) is 23.4 Å². The summed E-state index contributed by atoms with van der Waals surface area (Å²) in [6.45, 7) is 2.94. The van der Waals surface area contributed by atoms with Crippen molar-refractivity contribution in [3.8, 4) is 5.75 Å². The summed E-state index contributed by atoms with van der Waals surface area (Å²) in [5.41, 5.74) is 3.07. The molecule has 1 aromatic carbocycles. The fourth-order valence-electron chi connectivity index (χ4n) is 2.14. The third-order valence-electron chi connectivity index (χ3n) is 3.05. The van der Waals surface area contributed by atoms with Gasteiger partial charge in [0, 0.05) is 5.56 Å². The number of aryl methyl sites for hydroxylation is 1. The van der Waals surface area contributed by atoms with E-state index in [-0.39, 0.29) is 0 Å². The molecule has 18 heavy (non-hydrogen) atoms. The Kier molecular flexibility index (Phi) is 4.93. The summed E-state index contributed by atoms with van der Waals surface area (Å²) in [6.07, 6.45) is 2.85. The van der Waals surface area contributed by atoms with E-state index in [2.05, 4.69) is 18.1 Å². The van der Waals surface area contributed by atoms with Gasteiger partial charge >= 0.3 is 0 Å². The van der Waals surface area contributed by atoms with Crippen molar-refractivity contribution in [3.05, 3.63) is 29.3 Å². The van der Waals surface area contributed by atoms with Crippen LogP contribution < -0.4 is 4.74 Å². The highest BCUT2D eigenvalue weighted by molar-refractivity contribution is 7.99. The molecule has 0 unspecified atom stereocenters. The first kappa shape index (κ1) is 13.3. The minimum Gasteiger partial charge on any atom is -0.494 e. The Hall–Kier alpha value is -1.16. The van der Waals surface area contributed by atoms with E-state index in [9.17, 15) is 0 Å². The Bertz CT molecular complexity index is 432. The molecular weight excluding hydrogens is 246 g/mol. The van der Waals surface area contributed by atoms with Gasteiger partial charge in [-0.05, 0) is 54.5 Å². The fourth-order valence-corrected chi connectivity index (χ4v) is 2.75. The zero-order valence-electron chi connectivity index (χ0n) is 10.7. The van der Waals surface area contributed by atoms with Crippen LogP contribution in [0.1, 0.15) is 30.9 Å². The molecule has 0 bridgehead atoms. The van der Waals surface area contributed by atoms with Gasteiger partial charge in [0.05, 0.1) is 12.3 Å². The molecule has 0 heterocycles. The van der Waals surface area contributed by atoms with Crippen molar-refractivity contribution < 1.29 is 9.94 Å². The quantitative estimate of drug-likeness (QED) is 0.487. The molecule has 0 amide bonds. The number of oxime groups is 1. The standard InChI is InChI=1S/C14H19NO2S/c1-2-18-9-3-8-17-12-5-6-13-11(10-12)4-7-14(13)15-16/h5-6,10,16H,2-4,7-9H2,1H3/b15-14+. The summed E-state index contributed by atoms with van der Waals surface area (Å²) in [5.74, 6) is 3.25. The van der Waals surface area contributed by atoms with Crippen molar-refractivity contribution in [2.45, 2.75) is 26.2 Å². The van der Waals surface area contributed by atoms with E-state index < -0.39 is 0 Å². The number of ether oxygens (including phenoxy) is 1. The van der Waals surface area contributed by atoms with Gasteiger partial charge in [-0.25, -0.2) is 0 Å². The number of fused-ring (bicyclic) bond motifs is 1. The molecule has 1 N–H and O–H groups in total. The first-order chi connectivity index (χ1) is 8.85. The van der Waals surface area contributed by atoms with Crippen molar-refractivity contribution in [2.75, 3.05) is 18.1 Å². The van der Waals surface area contributed by atoms with Crippen LogP contribution in [0.25, 0.3) is 0 Å². The van der Waals surface area contributed by atoms with Crippen LogP contribution in [0.2, 0.25) is 0 Å². The molecule has 0 fully saturated rings. The van der Waals surface area contributed by atoms with Crippen LogP contribution in [0.5, 0.6) is 5.75 Å². The number of nitrogens with zero attached hydrogens (tertiary/aromatic N) is 1. The molecule has 0 atom stereocenters. The Morgan fingerprint density at radius 3 is 3.06 bits per heavy atom. The maximum Gasteiger partial charge on any atom is 0.119 e. The van der Waals surface area contributed by atoms with Gasteiger partial charge in [-0.3, -0.25) is 0 Å². The summed E-state index contributed by atoms with van der Waals surface area (Å²) in [6, 6.07) is 6.02. The van der Waals surface area contributed by atoms with E-state index in [4.69, 9.17) is 9.94 Å². The topological polar surface area (TPSA) is 41.8 Å². The van der Waals surface area contributed by atoms with Crippen molar-refractivity contribution in [1.29, 1.82) is 0 Å². The van der Waals surface area contributed by atoms with E-state index in [1.165, 1.54) is 11.3 Å². The van der Waals surface area contributed by atoms with E-state index in [0.717, 1.165) is 48.6 Å². The highest BCUT2D eigenvalue weighted by Gasteiger charge is 2.18. The molecule has 0 saturated heterocycles. The normalized spacial score (nSPS) is 15.9. The number of hydrogen-bond acceptors (Lipinski definition) is 4. The first-order valence-corrected chi connectivity index (χ1v) is 7.55. The lowest BCUT2D eigenvalue weighted by Gasteiger charge is -2.07. The molecule has 0 saturated carbocycles. The summed E-state index contributed by atoms with van der Waals surface area (Å²) in [5, 5.41) is 12.2. The molecule has 0 aromatic heterocycles. The summed E-state index contributed by atoms with van der Waals surface area (Å²) in [4.78, 5) is 0. The smallest absolute Gasteiger partial charge is 0.119 e. The monoisotopic (exact) mass is 265 g/mol. The highest BCUT2D eigenvalue weighted by Crippen LogP contribution is 2.26. The van der Waals surface area contributed by atoms with Gasteiger partial charge in [0.2, 0.25) is 0 Å². The Morgan fingerprint density at radius 2 is 2.28 bits per heavy atom. The summed E-state index contributed by atoms with van der Waals surface area (Å²) >= 11 is 1.94. The van der Waals surface area contributed by atoms with E-state index in [1.807, 2.05) is 23.9 Å². The maximum atomic E-state index is 8.86. The lowest BCUT2D eigenvalue weighted by atomic mass is 10.1. The minimum absolute atomic E-state index is 0.771. The predicted molar refractivity (Wildman–Crippen MR) is 76.2 cm³/mol. The van der Waals surface area contributed by atoms with E-state index >= 15 is 0 Å². The van der Waals surface area contributed by atoms with Gasteiger partial charge in [0.25, 0.3) is 0 Å². The molecule has 1 aliphatic carbocycles. The Labute approximate surface area is 112 Å². The first-order valence-electron chi connectivity index (χ1n) is 6.40. The molecule has 98 valence electrons. The van der Waals surface area contributed by atoms with Gasteiger partial charge in [-0.1, -0.05) is 12.1 Å². The molecule has 0 aliphatic heterocycles. The van der Waals surface area contributed by atoms with Gasteiger partial charge in [-0.15, -0.1) is 0 Å². The summed E-state index contributed by atoms with van der Waals surface area (Å²) < 4.78 is 5.73.